The number of carbonyl (C=O) groups is 1. The van der Waals surface area contributed by atoms with Gasteiger partial charge in [0.05, 0.1) is 5.52 Å². The number of rotatable bonds is 2. The minimum atomic E-state index is -0.0385. The van der Waals surface area contributed by atoms with E-state index < -0.39 is 0 Å². The van der Waals surface area contributed by atoms with Crippen molar-refractivity contribution in [1.82, 2.24) is 4.98 Å². The van der Waals surface area contributed by atoms with Crippen LogP contribution in [-0.2, 0) is 0 Å². The molecule has 2 nitrogen and oxygen atoms in total. The Balaban J connectivity index is 2.08. The molecular formula is C16H8Br2ClNO. The van der Waals surface area contributed by atoms with Gasteiger partial charge in [0.15, 0.2) is 5.78 Å². The van der Waals surface area contributed by atoms with Crippen molar-refractivity contribution in [2.24, 2.45) is 0 Å². The number of aromatic nitrogens is 1. The first kappa shape index (κ1) is 14.7. The van der Waals surface area contributed by atoms with Crippen LogP contribution in [0.2, 0.25) is 5.02 Å². The monoisotopic (exact) mass is 423 g/mol. The summed E-state index contributed by atoms with van der Waals surface area (Å²) in [5.74, 6) is -0.0385. The summed E-state index contributed by atoms with van der Waals surface area (Å²) in [6.07, 6.45) is 0. The molecule has 0 unspecified atom stereocenters. The number of nitrogens with zero attached hydrogens (tertiary/aromatic N) is 1. The van der Waals surface area contributed by atoms with Crippen LogP contribution in [0.1, 0.15) is 15.9 Å². The molecule has 2 aromatic carbocycles. The quantitative estimate of drug-likeness (QED) is 0.393. The lowest BCUT2D eigenvalue weighted by molar-refractivity contribution is 0.103. The molecule has 0 saturated heterocycles. The van der Waals surface area contributed by atoms with E-state index in [4.69, 9.17) is 11.6 Å². The highest BCUT2D eigenvalue weighted by atomic mass is 79.9. The second kappa shape index (κ2) is 5.87. The molecule has 0 aliphatic rings. The van der Waals surface area contributed by atoms with E-state index >= 15 is 0 Å². The minimum absolute atomic E-state index is 0.0385. The van der Waals surface area contributed by atoms with Crippen molar-refractivity contribution < 1.29 is 4.79 Å². The summed E-state index contributed by atoms with van der Waals surface area (Å²) in [6, 6.07) is 14.2. The summed E-state index contributed by atoms with van der Waals surface area (Å²) in [5, 5.41) is 1.51. The second-order valence-electron chi connectivity index (χ2n) is 4.49. The lowest BCUT2D eigenvalue weighted by atomic mass is 10.0. The van der Waals surface area contributed by atoms with E-state index in [1.807, 2.05) is 18.2 Å². The van der Waals surface area contributed by atoms with Crippen LogP contribution in [0.25, 0.3) is 10.9 Å². The van der Waals surface area contributed by atoms with Gasteiger partial charge in [0, 0.05) is 26.0 Å². The third-order valence-corrected chi connectivity index (χ3v) is 4.41. The first-order valence-electron chi connectivity index (χ1n) is 6.11. The molecule has 0 saturated carbocycles. The van der Waals surface area contributed by atoms with Gasteiger partial charge in [-0.3, -0.25) is 4.79 Å². The number of hydrogen-bond acceptors (Lipinski definition) is 2. The number of ketones is 1. The van der Waals surface area contributed by atoms with E-state index in [2.05, 4.69) is 36.8 Å². The summed E-state index contributed by atoms with van der Waals surface area (Å²) in [4.78, 5) is 16.9. The molecule has 0 atom stereocenters. The maximum atomic E-state index is 12.5. The van der Waals surface area contributed by atoms with Crippen LogP contribution >= 0.6 is 43.5 Å². The van der Waals surface area contributed by atoms with Gasteiger partial charge in [-0.05, 0) is 80.4 Å². The van der Waals surface area contributed by atoms with Crippen LogP contribution in [0, 0.1) is 0 Å². The molecule has 1 heterocycles. The maximum absolute atomic E-state index is 12.5. The zero-order valence-corrected chi connectivity index (χ0v) is 14.5. The van der Waals surface area contributed by atoms with Crippen molar-refractivity contribution in [2.75, 3.05) is 0 Å². The van der Waals surface area contributed by atoms with Gasteiger partial charge in [0.1, 0.15) is 4.60 Å². The highest BCUT2D eigenvalue weighted by Crippen LogP contribution is 2.27. The Hall–Kier alpha value is -1.23. The molecule has 0 bridgehead atoms. The fourth-order valence-corrected chi connectivity index (χ4v) is 3.45. The number of halogens is 3. The number of benzene rings is 2. The van der Waals surface area contributed by atoms with E-state index in [-0.39, 0.29) is 5.78 Å². The van der Waals surface area contributed by atoms with E-state index in [1.54, 1.807) is 30.3 Å². The standard InChI is InChI=1S/C16H8Br2ClNO/c17-13-8-15(18)20-14-6-3-10(7-12(13)14)16(21)9-1-4-11(19)5-2-9/h1-8H. The first-order chi connectivity index (χ1) is 10.0. The van der Waals surface area contributed by atoms with Crippen LogP contribution in [0.15, 0.2) is 57.6 Å². The maximum Gasteiger partial charge on any atom is 0.193 e. The number of pyridine rings is 1. The molecule has 0 radical (unpaired) electrons. The topological polar surface area (TPSA) is 30.0 Å². The molecule has 0 aliphatic heterocycles. The molecule has 0 spiro atoms. The van der Waals surface area contributed by atoms with Gasteiger partial charge < -0.3 is 0 Å². The predicted molar refractivity (Wildman–Crippen MR) is 92.0 cm³/mol. The fraction of sp³-hybridized carbons (Fsp3) is 0. The van der Waals surface area contributed by atoms with Gasteiger partial charge in [0.2, 0.25) is 0 Å². The molecule has 3 aromatic rings. The Morgan fingerprint density at radius 2 is 1.62 bits per heavy atom. The SMILES string of the molecule is O=C(c1ccc(Cl)cc1)c1ccc2nc(Br)cc(Br)c2c1. The van der Waals surface area contributed by atoms with Crippen LogP contribution < -0.4 is 0 Å². The molecule has 1 aromatic heterocycles. The van der Waals surface area contributed by atoms with Crippen molar-refractivity contribution in [3.8, 4) is 0 Å². The minimum Gasteiger partial charge on any atom is -0.289 e. The van der Waals surface area contributed by atoms with Gasteiger partial charge in [-0.2, -0.15) is 0 Å². The summed E-state index contributed by atoms with van der Waals surface area (Å²) >= 11 is 12.7. The molecule has 0 fully saturated rings. The Kier molecular flexibility index (Phi) is 4.11. The van der Waals surface area contributed by atoms with E-state index in [0.29, 0.717) is 16.1 Å². The zero-order valence-electron chi connectivity index (χ0n) is 10.6. The summed E-state index contributed by atoms with van der Waals surface area (Å²) < 4.78 is 1.64. The molecular weight excluding hydrogens is 417 g/mol. The highest BCUT2D eigenvalue weighted by molar-refractivity contribution is 9.11. The van der Waals surface area contributed by atoms with Crippen molar-refractivity contribution in [1.29, 1.82) is 0 Å². The van der Waals surface area contributed by atoms with Crippen molar-refractivity contribution in [3.63, 3.8) is 0 Å². The van der Waals surface area contributed by atoms with Crippen LogP contribution in [0.3, 0.4) is 0 Å². The van der Waals surface area contributed by atoms with Gasteiger partial charge >= 0.3 is 0 Å². The van der Waals surface area contributed by atoms with Gasteiger partial charge in [-0.1, -0.05) is 11.6 Å². The Morgan fingerprint density at radius 1 is 0.952 bits per heavy atom. The third-order valence-electron chi connectivity index (χ3n) is 3.10. The van der Waals surface area contributed by atoms with E-state index in [9.17, 15) is 4.79 Å². The molecule has 5 heteroatoms. The molecule has 21 heavy (non-hydrogen) atoms. The Bertz CT molecular complexity index is 847. The van der Waals surface area contributed by atoms with Gasteiger partial charge in [0.25, 0.3) is 0 Å². The number of carbonyl (C=O) groups excluding carboxylic acids is 1. The van der Waals surface area contributed by atoms with Crippen molar-refractivity contribution in [3.05, 3.63) is 73.8 Å². The number of fused-ring (bicyclic) bond motifs is 1. The average molecular weight is 426 g/mol. The van der Waals surface area contributed by atoms with Crippen molar-refractivity contribution in [2.45, 2.75) is 0 Å². The van der Waals surface area contributed by atoms with E-state index in [1.165, 1.54) is 0 Å². The summed E-state index contributed by atoms with van der Waals surface area (Å²) in [7, 11) is 0. The molecule has 0 amide bonds. The first-order valence-corrected chi connectivity index (χ1v) is 8.07. The predicted octanol–water partition coefficient (Wildman–Crippen LogP) is 5.64. The fourth-order valence-electron chi connectivity index (χ4n) is 2.06. The smallest absolute Gasteiger partial charge is 0.193 e. The number of hydrogen-bond donors (Lipinski definition) is 0. The highest BCUT2D eigenvalue weighted by Gasteiger charge is 2.11. The van der Waals surface area contributed by atoms with Crippen LogP contribution in [-0.4, -0.2) is 10.8 Å². The van der Waals surface area contributed by atoms with Crippen LogP contribution in [0.4, 0.5) is 0 Å². The summed E-state index contributed by atoms with van der Waals surface area (Å²) in [6.45, 7) is 0. The molecule has 0 N–H and O–H groups in total. The van der Waals surface area contributed by atoms with Gasteiger partial charge in [-0.25, -0.2) is 4.98 Å². The van der Waals surface area contributed by atoms with Gasteiger partial charge in [-0.15, -0.1) is 0 Å². The molecule has 104 valence electrons. The lowest BCUT2D eigenvalue weighted by Crippen LogP contribution is -2.01. The zero-order chi connectivity index (χ0) is 15.0. The Labute approximate surface area is 143 Å². The summed E-state index contributed by atoms with van der Waals surface area (Å²) in [5.41, 5.74) is 2.05. The molecule has 3 rings (SSSR count). The van der Waals surface area contributed by atoms with Crippen LogP contribution in [0.5, 0.6) is 0 Å². The third kappa shape index (κ3) is 3.03. The van der Waals surface area contributed by atoms with Crippen molar-refractivity contribution >= 4 is 60.1 Å². The largest absolute Gasteiger partial charge is 0.289 e. The van der Waals surface area contributed by atoms with E-state index in [0.717, 1.165) is 20.0 Å². The molecule has 0 aliphatic carbocycles. The Morgan fingerprint density at radius 3 is 2.33 bits per heavy atom. The second-order valence-corrected chi connectivity index (χ2v) is 6.60. The lowest BCUT2D eigenvalue weighted by Gasteiger charge is -2.05. The normalized spacial score (nSPS) is 10.8. The average Bonchev–Trinajstić information content (AvgIpc) is 2.47.